The standard InChI is InChI=1S/C14H20ClN5O/c1-4-10-14(15)12(20(5-2)19-10)8-9(16)11-6-7-13(21-3)18-17-11/h6-7,9H,4-5,8,16H2,1-3H3. The smallest absolute Gasteiger partial charge is 0.233 e. The van der Waals surface area contributed by atoms with E-state index in [-0.39, 0.29) is 6.04 Å². The van der Waals surface area contributed by atoms with Crippen LogP contribution in [0.3, 0.4) is 0 Å². The van der Waals surface area contributed by atoms with Crippen LogP contribution in [0.15, 0.2) is 12.1 Å². The van der Waals surface area contributed by atoms with Crippen LogP contribution in [0.25, 0.3) is 0 Å². The molecule has 0 aliphatic rings. The van der Waals surface area contributed by atoms with Crippen LogP contribution >= 0.6 is 11.6 Å². The number of nitrogens with zero attached hydrogens (tertiary/aromatic N) is 4. The normalized spacial score (nSPS) is 12.4. The molecule has 1 atom stereocenters. The van der Waals surface area contributed by atoms with Crippen molar-refractivity contribution in [3.8, 4) is 5.88 Å². The molecule has 0 aromatic carbocycles. The Morgan fingerprint density at radius 1 is 1.33 bits per heavy atom. The van der Waals surface area contributed by atoms with Crippen LogP contribution in [0.1, 0.15) is 37.0 Å². The molecule has 2 N–H and O–H groups in total. The number of rotatable bonds is 6. The average Bonchev–Trinajstić information content (AvgIpc) is 2.83. The van der Waals surface area contributed by atoms with Crippen LogP contribution in [0, 0.1) is 0 Å². The van der Waals surface area contributed by atoms with Crippen LogP contribution in [0.4, 0.5) is 0 Å². The molecular formula is C14H20ClN5O. The molecule has 21 heavy (non-hydrogen) atoms. The van der Waals surface area contributed by atoms with Crippen molar-refractivity contribution in [1.82, 2.24) is 20.0 Å². The molecule has 2 heterocycles. The summed E-state index contributed by atoms with van der Waals surface area (Å²) in [4.78, 5) is 0. The number of nitrogens with two attached hydrogens (primary N) is 1. The quantitative estimate of drug-likeness (QED) is 0.884. The minimum Gasteiger partial charge on any atom is -0.480 e. The summed E-state index contributed by atoms with van der Waals surface area (Å²) in [6, 6.07) is 3.28. The molecule has 7 heteroatoms. The van der Waals surface area contributed by atoms with Crippen LogP contribution in [0.5, 0.6) is 5.88 Å². The fourth-order valence-electron chi connectivity index (χ4n) is 2.16. The van der Waals surface area contributed by atoms with Crippen LogP contribution in [-0.2, 0) is 19.4 Å². The number of halogens is 1. The Labute approximate surface area is 129 Å². The third kappa shape index (κ3) is 3.33. The van der Waals surface area contributed by atoms with Gasteiger partial charge in [-0.1, -0.05) is 18.5 Å². The maximum absolute atomic E-state index is 6.39. The SMILES string of the molecule is CCc1nn(CC)c(CC(N)c2ccc(OC)nn2)c1Cl. The molecule has 2 aromatic heterocycles. The molecule has 0 aliphatic carbocycles. The molecule has 1 unspecified atom stereocenters. The van der Waals surface area contributed by atoms with Gasteiger partial charge in [-0.2, -0.15) is 10.2 Å². The Bertz CT molecular complexity index is 596. The van der Waals surface area contributed by atoms with Gasteiger partial charge in [-0.15, -0.1) is 5.10 Å². The second-order valence-corrected chi connectivity index (χ2v) is 5.07. The summed E-state index contributed by atoms with van der Waals surface area (Å²) in [7, 11) is 1.55. The molecule has 0 bridgehead atoms. The lowest BCUT2D eigenvalue weighted by Crippen LogP contribution is -2.18. The lowest BCUT2D eigenvalue weighted by Gasteiger charge is -2.12. The third-order valence-corrected chi connectivity index (χ3v) is 3.79. The Kier molecular flexibility index (Phi) is 5.14. The minimum atomic E-state index is -0.285. The van der Waals surface area contributed by atoms with Gasteiger partial charge < -0.3 is 10.5 Å². The Morgan fingerprint density at radius 2 is 2.10 bits per heavy atom. The van der Waals surface area contributed by atoms with Gasteiger partial charge in [0, 0.05) is 19.0 Å². The number of hydrogen-bond donors (Lipinski definition) is 1. The van der Waals surface area contributed by atoms with E-state index in [9.17, 15) is 0 Å². The fourth-order valence-corrected chi connectivity index (χ4v) is 2.51. The molecule has 0 radical (unpaired) electrons. The van der Waals surface area contributed by atoms with E-state index in [0.717, 1.165) is 24.4 Å². The highest BCUT2D eigenvalue weighted by Gasteiger charge is 2.18. The van der Waals surface area contributed by atoms with Gasteiger partial charge in [0.2, 0.25) is 5.88 Å². The van der Waals surface area contributed by atoms with Gasteiger partial charge in [0.15, 0.2) is 0 Å². The Hall–Kier alpha value is -1.66. The molecule has 0 spiro atoms. The number of aryl methyl sites for hydroxylation is 2. The van der Waals surface area contributed by atoms with Crippen molar-refractivity contribution in [3.05, 3.63) is 34.2 Å². The molecular weight excluding hydrogens is 290 g/mol. The Balaban J connectivity index is 2.22. The van der Waals surface area contributed by atoms with Gasteiger partial charge in [-0.05, 0) is 19.4 Å². The first kappa shape index (κ1) is 15.7. The van der Waals surface area contributed by atoms with Crippen molar-refractivity contribution in [2.75, 3.05) is 7.11 Å². The topological polar surface area (TPSA) is 78.9 Å². The fraction of sp³-hybridized carbons (Fsp3) is 0.500. The summed E-state index contributed by atoms with van der Waals surface area (Å²) in [6.07, 6.45) is 1.37. The first-order valence-electron chi connectivity index (χ1n) is 6.97. The summed E-state index contributed by atoms with van der Waals surface area (Å²) in [5.41, 5.74) is 8.77. The molecule has 0 aliphatic heterocycles. The summed E-state index contributed by atoms with van der Waals surface area (Å²) in [6.45, 7) is 4.83. The van der Waals surface area contributed by atoms with E-state index in [1.165, 1.54) is 0 Å². The molecule has 6 nitrogen and oxygen atoms in total. The monoisotopic (exact) mass is 309 g/mol. The highest BCUT2D eigenvalue weighted by Crippen LogP contribution is 2.25. The van der Waals surface area contributed by atoms with E-state index in [4.69, 9.17) is 22.1 Å². The van der Waals surface area contributed by atoms with E-state index in [1.807, 2.05) is 24.6 Å². The predicted molar refractivity (Wildman–Crippen MR) is 81.5 cm³/mol. The molecule has 2 aromatic rings. The largest absolute Gasteiger partial charge is 0.480 e. The van der Waals surface area contributed by atoms with E-state index >= 15 is 0 Å². The highest BCUT2D eigenvalue weighted by molar-refractivity contribution is 6.31. The number of ether oxygens (including phenoxy) is 1. The summed E-state index contributed by atoms with van der Waals surface area (Å²) >= 11 is 6.39. The van der Waals surface area contributed by atoms with E-state index in [0.29, 0.717) is 23.0 Å². The van der Waals surface area contributed by atoms with Crippen molar-refractivity contribution in [2.24, 2.45) is 5.73 Å². The van der Waals surface area contributed by atoms with Gasteiger partial charge in [0.25, 0.3) is 0 Å². The van der Waals surface area contributed by atoms with Crippen molar-refractivity contribution < 1.29 is 4.74 Å². The van der Waals surface area contributed by atoms with Crippen molar-refractivity contribution in [3.63, 3.8) is 0 Å². The third-order valence-electron chi connectivity index (χ3n) is 3.36. The maximum Gasteiger partial charge on any atom is 0.233 e. The number of hydrogen-bond acceptors (Lipinski definition) is 5. The molecule has 0 amide bonds. The van der Waals surface area contributed by atoms with Crippen LogP contribution < -0.4 is 10.5 Å². The first-order valence-corrected chi connectivity index (χ1v) is 7.35. The molecule has 2 rings (SSSR count). The average molecular weight is 310 g/mol. The summed E-state index contributed by atoms with van der Waals surface area (Å²) < 4.78 is 6.89. The van der Waals surface area contributed by atoms with Crippen LogP contribution in [0.2, 0.25) is 5.02 Å². The summed E-state index contributed by atoms with van der Waals surface area (Å²) in [5.74, 6) is 0.468. The highest BCUT2D eigenvalue weighted by atomic mass is 35.5. The number of methoxy groups -OCH3 is 1. The van der Waals surface area contributed by atoms with Gasteiger partial charge in [-0.3, -0.25) is 4.68 Å². The number of aromatic nitrogens is 4. The molecule has 114 valence electrons. The maximum atomic E-state index is 6.39. The zero-order valence-electron chi connectivity index (χ0n) is 12.5. The molecule has 0 saturated heterocycles. The lowest BCUT2D eigenvalue weighted by molar-refractivity contribution is 0.390. The van der Waals surface area contributed by atoms with Crippen molar-refractivity contribution in [1.29, 1.82) is 0 Å². The molecule has 0 fully saturated rings. The first-order chi connectivity index (χ1) is 10.1. The van der Waals surface area contributed by atoms with Gasteiger partial charge in [0.05, 0.1) is 35.3 Å². The second kappa shape index (κ2) is 6.87. The van der Waals surface area contributed by atoms with E-state index in [1.54, 1.807) is 13.2 Å². The van der Waals surface area contributed by atoms with Gasteiger partial charge in [0.1, 0.15) is 0 Å². The summed E-state index contributed by atoms with van der Waals surface area (Å²) in [5, 5.41) is 13.2. The Morgan fingerprint density at radius 3 is 2.62 bits per heavy atom. The van der Waals surface area contributed by atoms with E-state index < -0.39 is 0 Å². The lowest BCUT2D eigenvalue weighted by atomic mass is 10.1. The molecule has 0 saturated carbocycles. The minimum absolute atomic E-state index is 0.285. The zero-order valence-corrected chi connectivity index (χ0v) is 13.3. The van der Waals surface area contributed by atoms with Gasteiger partial charge >= 0.3 is 0 Å². The van der Waals surface area contributed by atoms with Crippen LogP contribution in [-0.4, -0.2) is 27.1 Å². The van der Waals surface area contributed by atoms with Crippen molar-refractivity contribution in [2.45, 2.75) is 39.3 Å². The van der Waals surface area contributed by atoms with E-state index in [2.05, 4.69) is 15.3 Å². The zero-order chi connectivity index (χ0) is 15.4. The van der Waals surface area contributed by atoms with Gasteiger partial charge in [-0.25, -0.2) is 0 Å². The van der Waals surface area contributed by atoms with Crippen molar-refractivity contribution >= 4 is 11.6 Å². The predicted octanol–water partition coefficient (Wildman–Crippen LogP) is 2.16. The second-order valence-electron chi connectivity index (χ2n) is 4.69.